The minimum atomic E-state index is 0.0520. The van der Waals surface area contributed by atoms with Crippen molar-refractivity contribution < 1.29 is 9.47 Å². The van der Waals surface area contributed by atoms with E-state index in [2.05, 4.69) is 22.4 Å². The second kappa shape index (κ2) is 7.76. The summed E-state index contributed by atoms with van der Waals surface area (Å²) in [5.74, 6) is 0.871. The van der Waals surface area contributed by atoms with Crippen LogP contribution in [0.5, 0.6) is 5.75 Å². The lowest BCUT2D eigenvalue weighted by Crippen LogP contribution is -2.19. The molecule has 1 heterocycles. The van der Waals surface area contributed by atoms with Crippen LogP contribution in [0.4, 0.5) is 0 Å². The molecule has 0 spiro atoms. The Kier molecular flexibility index (Phi) is 5.72. The molecular weight excluding hydrogens is 264 g/mol. The highest BCUT2D eigenvalue weighted by atomic mass is 16.5. The van der Waals surface area contributed by atoms with E-state index >= 15 is 0 Å². The van der Waals surface area contributed by atoms with Crippen molar-refractivity contribution in [3.05, 3.63) is 59.4 Å². The molecule has 1 N–H and O–H groups in total. The fraction of sp³-hybridized carbons (Fsp3) is 0.353. The lowest BCUT2D eigenvalue weighted by Gasteiger charge is -2.20. The molecule has 4 nitrogen and oxygen atoms in total. The van der Waals surface area contributed by atoms with Crippen LogP contribution in [-0.4, -0.2) is 32.4 Å². The number of nitrogens with one attached hydrogen (secondary N) is 1. The van der Waals surface area contributed by atoms with Gasteiger partial charge < -0.3 is 14.8 Å². The summed E-state index contributed by atoms with van der Waals surface area (Å²) in [5, 5.41) is 3.34. The van der Waals surface area contributed by atoms with Crippen LogP contribution in [0.25, 0.3) is 0 Å². The Hall–Kier alpha value is -1.91. The van der Waals surface area contributed by atoms with Gasteiger partial charge in [0.1, 0.15) is 12.4 Å². The van der Waals surface area contributed by atoms with Crippen molar-refractivity contribution in [3.63, 3.8) is 0 Å². The molecule has 0 saturated carbocycles. The van der Waals surface area contributed by atoms with E-state index in [4.69, 9.17) is 9.47 Å². The molecule has 0 saturated heterocycles. The van der Waals surface area contributed by atoms with Gasteiger partial charge in [-0.05, 0) is 31.2 Å². The number of rotatable bonds is 7. The van der Waals surface area contributed by atoms with Gasteiger partial charge in [-0.3, -0.25) is 4.98 Å². The third-order valence-corrected chi connectivity index (χ3v) is 3.29. The molecule has 1 aromatic carbocycles. The summed E-state index contributed by atoms with van der Waals surface area (Å²) < 4.78 is 10.9. The first-order valence-electron chi connectivity index (χ1n) is 7.05. The Balaban J connectivity index is 2.29. The van der Waals surface area contributed by atoms with Crippen molar-refractivity contribution in [2.24, 2.45) is 0 Å². The molecule has 0 fully saturated rings. The number of aromatic nitrogens is 1. The fourth-order valence-corrected chi connectivity index (χ4v) is 2.32. The van der Waals surface area contributed by atoms with Gasteiger partial charge in [0.2, 0.25) is 0 Å². The van der Waals surface area contributed by atoms with E-state index in [1.54, 1.807) is 7.11 Å². The zero-order valence-electron chi connectivity index (χ0n) is 12.8. The number of ether oxygens (including phenoxy) is 2. The monoisotopic (exact) mass is 286 g/mol. The Bertz CT molecular complexity index is 572. The minimum Gasteiger partial charge on any atom is -0.491 e. The van der Waals surface area contributed by atoms with Gasteiger partial charge in [-0.15, -0.1) is 0 Å². The van der Waals surface area contributed by atoms with Gasteiger partial charge in [0.25, 0.3) is 0 Å². The Morgan fingerprint density at radius 1 is 1.19 bits per heavy atom. The molecule has 112 valence electrons. The maximum Gasteiger partial charge on any atom is 0.124 e. The quantitative estimate of drug-likeness (QED) is 0.795. The number of pyridine rings is 1. The average molecular weight is 286 g/mol. The zero-order chi connectivity index (χ0) is 15.1. The molecule has 2 aromatic rings. The molecule has 0 aliphatic carbocycles. The van der Waals surface area contributed by atoms with Crippen molar-refractivity contribution in [1.82, 2.24) is 10.3 Å². The molecule has 0 bridgehead atoms. The SMILES string of the molecule is CNC(c1cncc(C)c1)c1ccccc1OCCOC. The van der Waals surface area contributed by atoms with Crippen LogP contribution in [0.2, 0.25) is 0 Å². The van der Waals surface area contributed by atoms with Crippen LogP contribution in [0.1, 0.15) is 22.7 Å². The Morgan fingerprint density at radius 2 is 2.00 bits per heavy atom. The first-order chi connectivity index (χ1) is 10.3. The lowest BCUT2D eigenvalue weighted by molar-refractivity contribution is 0.145. The Labute approximate surface area is 126 Å². The van der Waals surface area contributed by atoms with Crippen molar-refractivity contribution >= 4 is 0 Å². The summed E-state index contributed by atoms with van der Waals surface area (Å²) in [6.45, 7) is 3.16. The van der Waals surface area contributed by atoms with E-state index in [0.717, 1.165) is 22.4 Å². The smallest absolute Gasteiger partial charge is 0.124 e. The van der Waals surface area contributed by atoms with Crippen molar-refractivity contribution in [2.45, 2.75) is 13.0 Å². The van der Waals surface area contributed by atoms with Crippen LogP contribution in [0.15, 0.2) is 42.7 Å². The van der Waals surface area contributed by atoms with E-state index in [0.29, 0.717) is 13.2 Å². The second-order valence-corrected chi connectivity index (χ2v) is 4.90. The summed E-state index contributed by atoms with van der Waals surface area (Å²) in [5.41, 5.74) is 3.37. The van der Waals surface area contributed by atoms with Crippen molar-refractivity contribution in [3.8, 4) is 5.75 Å². The summed E-state index contributed by atoms with van der Waals surface area (Å²) in [6.07, 6.45) is 3.75. The standard InChI is InChI=1S/C17H22N2O2/c1-13-10-14(12-19-11-13)17(18-2)15-6-4-5-7-16(15)21-9-8-20-3/h4-7,10-12,17-18H,8-9H2,1-3H3. The normalized spacial score (nSPS) is 12.1. The predicted molar refractivity (Wildman–Crippen MR) is 83.7 cm³/mol. The largest absolute Gasteiger partial charge is 0.491 e. The molecule has 1 atom stereocenters. The van der Waals surface area contributed by atoms with E-state index in [1.165, 1.54) is 0 Å². The lowest BCUT2D eigenvalue weighted by atomic mass is 9.98. The number of hydrogen-bond acceptors (Lipinski definition) is 4. The van der Waals surface area contributed by atoms with Crippen LogP contribution >= 0.6 is 0 Å². The van der Waals surface area contributed by atoms with Gasteiger partial charge in [-0.1, -0.05) is 24.3 Å². The molecule has 2 rings (SSSR count). The minimum absolute atomic E-state index is 0.0520. The van der Waals surface area contributed by atoms with Crippen LogP contribution < -0.4 is 10.1 Å². The highest BCUT2D eigenvalue weighted by Gasteiger charge is 2.16. The summed E-state index contributed by atoms with van der Waals surface area (Å²) in [6, 6.07) is 10.2. The van der Waals surface area contributed by atoms with E-state index < -0.39 is 0 Å². The number of benzene rings is 1. The van der Waals surface area contributed by atoms with Gasteiger partial charge >= 0.3 is 0 Å². The molecule has 0 aliphatic heterocycles. The number of aryl methyl sites for hydroxylation is 1. The Morgan fingerprint density at radius 3 is 2.71 bits per heavy atom. The van der Waals surface area contributed by atoms with E-state index in [-0.39, 0.29) is 6.04 Å². The first kappa shape index (κ1) is 15.5. The molecule has 0 radical (unpaired) electrons. The molecular formula is C17H22N2O2. The maximum absolute atomic E-state index is 5.83. The zero-order valence-corrected chi connectivity index (χ0v) is 12.8. The average Bonchev–Trinajstić information content (AvgIpc) is 2.50. The van der Waals surface area contributed by atoms with Gasteiger partial charge in [-0.2, -0.15) is 0 Å². The third-order valence-electron chi connectivity index (χ3n) is 3.29. The second-order valence-electron chi connectivity index (χ2n) is 4.90. The van der Waals surface area contributed by atoms with E-state index in [1.807, 2.05) is 44.6 Å². The molecule has 21 heavy (non-hydrogen) atoms. The highest BCUT2D eigenvalue weighted by Crippen LogP contribution is 2.29. The number of para-hydroxylation sites is 1. The maximum atomic E-state index is 5.83. The van der Waals surface area contributed by atoms with Gasteiger partial charge in [0.05, 0.1) is 12.6 Å². The predicted octanol–water partition coefficient (Wildman–Crippen LogP) is 2.72. The number of methoxy groups -OCH3 is 1. The first-order valence-corrected chi connectivity index (χ1v) is 7.05. The molecule has 0 aliphatic rings. The van der Waals surface area contributed by atoms with E-state index in [9.17, 15) is 0 Å². The topological polar surface area (TPSA) is 43.4 Å². The van der Waals surface area contributed by atoms with Gasteiger partial charge in [0, 0.05) is 25.1 Å². The summed E-state index contributed by atoms with van der Waals surface area (Å²) in [4.78, 5) is 4.28. The highest BCUT2D eigenvalue weighted by molar-refractivity contribution is 5.41. The molecule has 1 aromatic heterocycles. The number of nitrogens with zero attached hydrogens (tertiary/aromatic N) is 1. The van der Waals surface area contributed by atoms with Crippen LogP contribution in [0, 0.1) is 6.92 Å². The summed E-state index contributed by atoms with van der Waals surface area (Å²) in [7, 11) is 3.61. The van der Waals surface area contributed by atoms with Crippen molar-refractivity contribution in [2.75, 3.05) is 27.4 Å². The fourth-order valence-electron chi connectivity index (χ4n) is 2.32. The molecule has 0 amide bonds. The summed E-state index contributed by atoms with van der Waals surface area (Å²) >= 11 is 0. The van der Waals surface area contributed by atoms with Gasteiger partial charge in [0.15, 0.2) is 0 Å². The molecule has 4 heteroatoms. The van der Waals surface area contributed by atoms with Crippen LogP contribution in [-0.2, 0) is 4.74 Å². The van der Waals surface area contributed by atoms with Crippen LogP contribution in [0.3, 0.4) is 0 Å². The molecule has 1 unspecified atom stereocenters. The van der Waals surface area contributed by atoms with Crippen molar-refractivity contribution in [1.29, 1.82) is 0 Å². The van der Waals surface area contributed by atoms with Gasteiger partial charge in [-0.25, -0.2) is 0 Å². The number of hydrogen-bond donors (Lipinski definition) is 1. The third kappa shape index (κ3) is 4.03.